The Kier molecular flexibility index (Phi) is 6.80. The number of carbonyl (C=O) groups is 2. The van der Waals surface area contributed by atoms with Gasteiger partial charge >= 0.3 is 11.6 Å². The normalized spacial score (nSPS) is 11.9. The van der Waals surface area contributed by atoms with Crippen molar-refractivity contribution in [2.75, 3.05) is 0 Å². The maximum atomic E-state index is 12.4. The molecule has 1 aromatic heterocycles. The van der Waals surface area contributed by atoms with Crippen LogP contribution in [0.4, 0.5) is 0 Å². The van der Waals surface area contributed by atoms with Crippen LogP contribution in [0.1, 0.15) is 35.3 Å². The number of ether oxygens (including phenoxy) is 1. The number of rotatable bonds is 6. The number of esters is 1. The molecule has 0 bridgehead atoms. The summed E-state index contributed by atoms with van der Waals surface area (Å²) in [5.74, 6) is -1.15. The van der Waals surface area contributed by atoms with Gasteiger partial charge in [-0.1, -0.05) is 42.3 Å². The fourth-order valence-electron chi connectivity index (χ4n) is 2.93. The zero-order chi connectivity index (χ0) is 21.8. The fraction of sp³-hybridized carbons (Fsp3) is 0.227. The highest BCUT2D eigenvalue weighted by Gasteiger charge is 2.20. The Morgan fingerprint density at radius 3 is 2.53 bits per heavy atom. The van der Waals surface area contributed by atoms with Gasteiger partial charge in [-0.2, -0.15) is 0 Å². The number of hydrogen-bond donors (Lipinski definition) is 1. The van der Waals surface area contributed by atoms with Crippen molar-refractivity contribution >= 4 is 46.0 Å². The lowest BCUT2D eigenvalue weighted by atomic mass is 10.1. The fourth-order valence-corrected chi connectivity index (χ4v) is 3.45. The zero-order valence-electron chi connectivity index (χ0n) is 16.3. The highest BCUT2D eigenvalue weighted by molar-refractivity contribution is 6.34. The first-order chi connectivity index (χ1) is 14.3. The lowest BCUT2D eigenvalue weighted by Gasteiger charge is -2.14. The molecule has 1 N–H and O–H groups in total. The number of benzene rings is 2. The third-order valence-corrected chi connectivity index (χ3v) is 5.25. The van der Waals surface area contributed by atoms with Crippen molar-refractivity contribution in [1.82, 2.24) is 5.32 Å². The molecule has 0 aliphatic heterocycles. The Bertz CT molecular complexity index is 1170. The molecular weight excluding hydrogens is 429 g/mol. The Hall–Kier alpha value is -2.83. The molecular formula is C22H19Cl2NO5. The van der Waals surface area contributed by atoms with E-state index in [1.165, 1.54) is 13.0 Å². The van der Waals surface area contributed by atoms with Crippen molar-refractivity contribution in [3.8, 4) is 0 Å². The number of amides is 1. The minimum atomic E-state index is -0.921. The SMILES string of the molecule is CCc1cc2oc(=O)cc(COC(=O)[C@H](C)NC(=O)c3ccccc3Cl)c2cc1Cl. The molecule has 0 saturated heterocycles. The summed E-state index contributed by atoms with van der Waals surface area (Å²) in [6.45, 7) is 3.27. The molecule has 0 radical (unpaired) electrons. The van der Waals surface area contributed by atoms with E-state index in [9.17, 15) is 14.4 Å². The van der Waals surface area contributed by atoms with E-state index in [0.29, 0.717) is 28.0 Å². The summed E-state index contributed by atoms with van der Waals surface area (Å²) in [7, 11) is 0. The molecule has 156 valence electrons. The van der Waals surface area contributed by atoms with Crippen LogP contribution in [-0.2, 0) is 22.6 Å². The van der Waals surface area contributed by atoms with Crippen molar-refractivity contribution in [2.24, 2.45) is 0 Å². The Labute approximate surface area is 182 Å². The van der Waals surface area contributed by atoms with E-state index in [0.717, 1.165) is 5.56 Å². The van der Waals surface area contributed by atoms with Gasteiger partial charge in [0.25, 0.3) is 5.91 Å². The van der Waals surface area contributed by atoms with Gasteiger partial charge in [-0.05, 0) is 43.2 Å². The molecule has 30 heavy (non-hydrogen) atoms. The summed E-state index contributed by atoms with van der Waals surface area (Å²) in [5, 5.41) is 3.94. The first-order valence-electron chi connectivity index (χ1n) is 9.27. The van der Waals surface area contributed by atoms with Crippen LogP contribution in [0, 0.1) is 0 Å². The average Bonchev–Trinajstić information content (AvgIpc) is 2.71. The molecule has 0 unspecified atom stereocenters. The molecule has 6 nitrogen and oxygen atoms in total. The van der Waals surface area contributed by atoms with Crippen LogP contribution < -0.4 is 10.9 Å². The van der Waals surface area contributed by atoms with Gasteiger partial charge in [-0.3, -0.25) is 4.79 Å². The quantitative estimate of drug-likeness (QED) is 0.443. The van der Waals surface area contributed by atoms with Gasteiger partial charge in [0.05, 0.1) is 10.6 Å². The molecule has 8 heteroatoms. The van der Waals surface area contributed by atoms with E-state index in [1.807, 2.05) is 6.92 Å². The van der Waals surface area contributed by atoms with Gasteiger partial charge in [0.1, 0.15) is 18.2 Å². The Morgan fingerprint density at radius 2 is 1.83 bits per heavy atom. The number of nitrogens with one attached hydrogen (secondary N) is 1. The van der Waals surface area contributed by atoms with Crippen molar-refractivity contribution in [2.45, 2.75) is 32.9 Å². The van der Waals surface area contributed by atoms with Crippen LogP contribution in [0.3, 0.4) is 0 Å². The van der Waals surface area contributed by atoms with Crippen LogP contribution >= 0.6 is 23.2 Å². The van der Waals surface area contributed by atoms with Gasteiger partial charge in [-0.25, -0.2) is 9.59 Å². The predicted molar refractivity (Wildman–Crippen MR) is 115 cm³/mol. The number of aryl methyl sites for hydroxylation is 1. The molecule has 0 aliphatic rings. The highest BCUT2D eigenvalue weighted by Crippen LogP contribution is 2.26. The molecule has 0 saturated carbocycles. The van der Waals surface area contributed by atoms with E-state index in [2.05, 4.69) is 5.32 Å². The molecule has 0 fully saturated rings. The summed E-state index contributed by atoms with van der Waals surface area (Å²) in [6, 6.07) is 10.2. The number of hydrogen-bond acceptors (Lipinski definition) is 5. The van der Waals surface area contributed by atoms with Crippen LogP contribution in [0.25, 0.3) is 11.0 Å². The highest BCUT2D eigenvalue weighted by atomic mass is 35.5. The Balaban J connectivity index is 1.73. The molecule has 1 atom stereocenters. The van der Waals surface area contributed by atoms with E-state index >= 15 is 0 Å². The zero-order valence-corrected chi connectivity index (χ0v) is 17.8. The van der Waals surface area contributed by atoms with Gasteiger partial charge in [0.2, 0.25) is 0 Å². The molecule has 3 rings (SSSR count). The number of fused-ring (bicyclic) bond motifs is 1. The molecule has 0 spiro atoms. The van der Waals surface area contributed by atoms with Crippen LogP contribution in [0.5, 0.6) is 0 Å². The molecule has 0 aliphatic carbocycles. The van der Waals surface area contributed by atoms with E-state index in [1.54, 1.807) is 36.4 Å². The minimum absolute atomic E-state index is 0.172. The minimum Gasteiger partial charge on any atom is -0.459 e. The van der Waals surface area contributed by atoms with Gasteiger partial charge in [0.15, 0.2) is 0 Å². The largest absolute Gasteiger partial charge is 0.459 e. The second-order valence-corrected chi connectivity index (χ2v) is 7.48. The predicted octanol–water partition coefficient (Wildman–Crippen LogP) is 4.52. The molecule has 3 aromatic rings. The summed E-state index contributed by atoms with van der Waals surface area (Å²) < 4.78 is 10.5. The monoisotopic (exact) mass is 447 g/mol. The van der Waals surface area contributed by atoms with Crippen molar-refractivity contribution in [3.05, 3.63) is 79.6 Å². The van der Waals surface area contributed by atoms with Gasteiger partial charge in [0, 0.05) is 22.0 Å². The van der Waals surface area contributed by atoms with Crippen LogP contribution in [-0.4, -0.2) is 17.9 Å². The Morgan fingerprint density at radius 1 is 1.10 bits per heavy atom. The molecule has 1 amide bonds. The third kappa shape index (κ3) is 4.83. The lowest BCUT2D eigenvalue weighted by molar-refractivity contribution is -0.146. The van der Waals surface area contributed by atoms with Crippen molar-refractivity contribution < 1.29 is 18.7 Å². The van der Waals surface area contributed by atoms with Gasteiger partial charge < -0.3 is 14.5 Å². The maximum Gasteiger partial charge on any atom is 0.336 e. The topological polar surface area (TPSA) is 85.6 Å². The number of carbonyl (C=O) groups excluding carboxylic acids is 2. The van der Waals surface area contributed by atoms with E-state index < -0.39 is 23.5 Å². The summed E-state index contributed by atoms with van der Waals surface area (Å²) in [4.78, 5) is 36.6. The first kappa shape index (κ1) is 21.9. The van der Waals surface area contributed by atoms with Gasteiger partial charge in [-0.15, -0.1) is 0 Å². The summed E-state index contributed by atoms with van der Waals surface area (Å²) >= 11 is 12.3. The molecule has 1 heterocycles. The second-order valence-electron chi connectivity index (χ2n) is 6.67. The van der Waals surface area contributed by atoms with Crippen LogP contribution in [0.2, 0.25) is 10.0 Å². The first-order valence-corrected chi connectivity index (χ1v) is 10.0. The second kappa shape index (κ2) is 9.32. The summed E-state index contributed by atoms with van der Waals surface area (Å²) in [6.07, 6.45) is 0.681. The summed E-state index contributed by atoms with van der Waals surface area (Å²) in [5.41, 5.74) is 1.38. The molecule has 2 aromatic carbocycles. The lowest BCUT2D eigenvalue weighted by Crippen LogP contribution is -2.39. The smallest absolute Gasteiger partial charge is 0.336 e. The van der Waals surface area contributed by atoms with E-state index in [4.69, 9.17) is 32.4 Å². The third-order valence-electron chi connectivity index (χ3n) is 4.57. The number of halogens is 2. The standard InChI is InChI=1S/C22H19Cl2NO5/c1-3-13-8-19-16(10-18(13)24)14(9-20(26)30-19)11-29-22(28)12(2)25-21(27)15-6-4-5-7-17(15)23/h4-10,12H,3,11H2,1-2H3,(H,25,27)/t12-/m0/s1. The van der Waals surface area contributed by atoms with Crippen molar-refractivity contribution in [1.29, 1.82) is 0 Å². The van der Waals surface area contributed by atoms with Crippen molar-refractivity contribution in [3.63, 3.8) is 0 Å². The average molecular weight is 448 g/mol. The van der Waals surface area contributed by atoms with Crippen LogP contribution in [0.15, 0.2) is 51.7 Å². The maximum absolute atomic E-state index is 12.4. The van der Waals surface area contributed by atoms with E-state index in [-0.39, 0.29) is 17.2 Å².